The molecule has 0 aliphatic heterocycles. The third kappa shape index (κ3) is 2.31. The standard InChI is InChI=1S/C11H16N2O/c1-3-5-8(2)10-9(11(12)14)6-4-7-13-10/h4,6-8H,3,5H2,1-2H3,(H2,12,14). The van der Waals surface area contributed by atoms with Crippen molar-refractivity contribution in [2.24, 2.45) is 5.73 Å². The van der Waals surface area contributed by atoms with Crippen molar-refractivity contribution in [2.45, 2.75) is 32.6 Å². The van der Waals surface area contributed by atoms with E-state index in [-0.39, 0.29) is 0 Å². The molecule has 0 spiro atoms. The molecule has 1 aromatic heterocycles. The average Bonchev–Trinajstić information content (AvgIpc) is 2.18. The Bertz CT molecular complexity index is 323. The smallest absolute Gasteiger partial charge is 0.250 e. The van der Waals surface area contributed by atoms with Crippen LogP contribution in [0.3, 0.4) is 0 Å². The number of nitrogens with zero attached hydrogens (tertiary/aromatic N) is 1. The molecule has 76 valence electrons. The maximum absolute atomic E-state index is 11.1. The minimum atomic E-state index is -0.393. The molecule has 0 aliphatic rings. The topological polar surface area (TPSA) is 56.0 Å². The summed E-state index contributed by atoms with van der Waals surface area (Å²) in [5.41, 5.74) is 6.64. The summed E-state index contributed by atoms with van der Waals surface area (Å²) in [6.07, 6.45) is 3.81. The van der Waals surface area contributed by atoms with Crippen LogP contribution in [0.5, 0.6) is 0 Å². The van der Waals surface area contributed by atoms with E-state index < -0.39 is 5.91 Å². The van der Waals surface area contributed by atoms with Gasteiger partial charge in [-0.2, -0.15) is 0 Å². The van der Waals surface area contributed by atoms with Gasteiger partial charge in [0.2, 0.25) is 0 Å². The summed E-state index contributed by atoms with van der Waals surface area (Å²) < 4.78 is 0. The lowest BCUT2D eigenvalue weighted by Gasteiger charge is -2.12. The van der Waals surface area contributed by atoms with Gasteiger partial charge in [-0.05, 0) is 24.5 Å². The summed E-state index contributed by atoms with van der Waals surface area (Å²) in [4.78, 5) is 15.3. The highest BCUT2D eigenvalue weighted by atomic mass is 16.1. The number of pyridine rings is 1. The predicted molar refractivity (Wildman–Crippen MR) is 56.1 cm³/mol. The molecule has 0 bridgehead atoms. The Morgan fingerprint density at radius 3 is 2.93 bits per heavy atom. The number of primary amides is 1. The van der Waals surface area contributed by atoms with Gasteiger partial charge in [-0.1, -0.05) is 20.3 Å². The number of carbonyl (C=O) groups is 1. The summed E-state index contributed by atoms with van der Waals surface area (Å²) >= 11 is 0. The van der Waals surface area contributed by atoms with Crippen LogP contribution < -0.4 is 5.73 Å². The van der Waals surface area contributed by atoms with E-state index in [9.17, 15) is 4.79 Å². The molecule has 14 heavy (non-hydrogen) atoms. The maximum Gasteiger partial charge on any atom is 0.250 e. The molecule has 1 unspecified atom stereocenters. The molecule has 1 heterocycles. The molecule has 3 heteroatoms. The molecule has 0 aromatic carbocycles. The van der Waals surface area contributed by atoms with Gasteiger partial charge in [0.25, 0.3) is 5.91 Å². The number of hydrogen-bond donors (Lipinski definition) is 1. The number of carbonyl (C=O) groups excluding carboxylic acids is 1. The average molecular weight is 192 g/mol. The Labute approximate surface area is 84.3 Å². The molecule has 0 saturated heterocycles. The lowest BCUT2D eigenvalue weighted by atomic mass is 9.97. The first-order valence-electron chi connectivity index (χ1n) is 4.91. The van der Waals surface area contributed by atoms with E-state index in [1.54, 1.807) is 18.3 Å². The van der Waals surface area contributed by atoms with Gasteiger partial charge in [0, 0.05) is 6.20 Å². The van der Waals surface area contributed by atoms with E-state index in [0.717, 1.165) is 18.5 Å². The number of nitrogens with two attached hydrogens (primary N) is 1. The monoisotopic (exact) mass is 192 g/mol. The molecule has 1 amide bonds. The van der Waals surface area contributed by atoms with Crippen molar-refractivity contribution >= 4 is 5.91 Å². The third-order valence-electron chi connectivity index (χ3n) is 2.29. The molecule has 1 atom stereocenters. The van der Waals surface area contributed by atoms with Crippen LogP contribution in [0.2, 0.25) is 0 Å². The summed E-state index contributed by atoms with van der Waals surface area (Å²) in [6.45, 7) is 4.18. The van der Waals surface area contributed by atoms with Crippen LogP contribution in [0.25, 0.3) is 0 Å². The van der Waals surface area contributed by atoms with Gasteiger partial charge in [-0.25, -0.2) is 0 Å². The fourth-order valence-electron chi connectivity index (χ4n) is 1.59. The summed E-state index contributed by atoms with van der Waals surface area (Å²) in [7, 11) is 0. The minimum absolute atomic E-state index is 0.295. The molecule has 2 N–H and O–H groups in total. The maximum atomic E-state index is 11.1. The van der Waals surface area contributed by atoms with Crippen LogP contribution in [0.15, 0.2) is 18.3 Å². The van der Waals surface area contributed by atoms with Gasteiger partial charge in [0.05, 0.1) is 11.3 Å². The summed E-state index contributed by atoms with van der Waals surface area (Å²) in [5, 5.41) is 0. The number of hydrogen-bond acceptors (Lipinski definition) is 2. The third-order valence-corrected chi connectivity index (χ3v) is 2.29. The second kappa shape index (κ2) is 4.74. The van der Waals surface area contributed by atoms with Crippen molar-refractivity contribution < 1.29 is 4.79 Å². The molecule has 0 saturated carbocycles. The molecule has 1 rings (SSSR count). The fourth-order valence-corrected chi connectivity index (χ4v) is 1.59. The fraction of sp³-hybridized carbons (Fsp3) is 0.455. The first kappa shape index (κ1) is 10.7. The highest BCUT2D eigenvalue weighted by Crippen LogP contribution is 2.21. The lowest BCUT2D eigenvalue weighted by Crippen LogP contribution is -2.15. The zero-order valence-corrected chi connectivity index (χ0v) is 8.66. The highest BCUT2D eigenvalue weighted by molar-refractivity contribution is 5.93. The summed E-state index contributed by atoms with van der Waals surface area (Å²) in [5.74, 6) is -0.0975. The van der Waals surface area contributed by atoms with Crippen molar-refractivity contribution in [1.29, 1.82) is 0 Å². The molecule has 0 fully saturated rings. The minimum Gasteiger partial charge on any atom is -0.366 e. The van der Waals surface area contributed by atoms with E-state index >= 15 is 0 Å². The van der Waals surface area contributed by atoms with E-state index in [2.05, 4.69) is 18.8 Å². The zero-order valence-electron chi connectivity index (χ0n) is 8.66. The van der Waals surface area contributed by atoms with E-state index in [4.69, 9.17) is 5.73 Å². The molecule has 0 aliphatic carbocycles. The van der Waals surface area contributed by atoms with E-state index in [1.165, 1.54) is 0 Å². The Morgan fingerprint density at radius 1 is 1.64 bits per heavy atom. The second-order valence-electron chi connectivity index (χ2n) is 3.49. The second-order valence-corrected chi connectivity index (χ2v) is 3.49. The number of amides is 1. The Hall–Kier alpha value is -1.38. The van der Waals surface area contributed by atoms with Crippen LogP contribution in [0.4, 0.5) is 0 Å². The highest BCUT2D eigenvalue weighted by Gasteiger charge is 2.14. The normalized spacial score (nSPS) is 12.4. The van der Waals surface area contributed by atoms with E-state index in [0.29, 0.717) is 11.5 Å². The van der Waals surface area contributed by atoms with Crippen molar-refractivity contribution in [3.63, 3.8) is 0 Å². The van der Waals surface area contributed by atoms with Crippen LogP contribution in [-0.4, -0.2) is 10.9 Å². The Balaban J connectivity index is 3.00. The van der Waals surface area contributed by atoms with Crippen LogP contribution >= 0.6 is 0 Å². The first-order chi connectivity index (χ1) is 6.66. The van der Waals surface area contributed by atoms with Crippen molar-refractivity contribution in [3.05, 3.63) is 29.6 Å². The first-order valence-corrected chi connectivity index (χ1v) is 4.91. The van der Waals surface area contributed by atoms with Gasteiger partial charge >= 0.3 is 0 Å². The van der Waals surface area contributed by atoms with Crippen molar-refractivity contribution in [3.8, 4) is 0 Å². The molecule has 0 radical (unpaired) electrons. The van der Waals surface area contributed by atoms with Gasteiger partial charge < -0.3 is 5.73 Å². The molecule has 3 nitrogen and oxygen atoms in total. The lowest BCUT2D eigenvalue weighted by molar-refractivity contribution is 0.0998. The molecule has 1 aromatic rings. The van der Waals surface area contributed by atoms with Crippen LogP contribution in [0, 0.1) is 0 Å². The van der Waals surface area contributed by atoms with Gasteiger partial charge in [0.1, 0.15) is 0 Å². The SMILES string of the molecule is CCCC(C)c1ncccc1C(N)=O. The van der Waals surface area contributed by atoms with Crippen molar-refractivity contribution in [1.82, 2.24) is 4.98 Å². The number of rotatable bonds is 4. The molecular formula is C11H16N2O. The largest absolute Gasteiger partial charge is 0.366 e. The van der Waals surface area contributed by atoms with E-state index in [1.807, 2.05) is 0 Å². The quantitative estimate of drug-likeness (QED) is 0.794. The van der Waals surface area contributed by atoms with Crippen LogP contribution in [0.1, 0.15) is 48.7 Å². The van der Waals surface area contributed by atoms with Gasteiger partial charge in [-0.3, -0.25) is 9.78 Å². The zero-order chi connectivity index (χ0) is 10.6. The molecular weight excluding hydrogens is 176 g/mol. The summed E-state index contributed by atoms with van der Waals surface area (Å²) in [6, 6.07) is 3.47. The Morgan fingerprint density at radius 2 is 2.36 bits per heavy atom. The number of aromatic nitrogens is 1. The van der Waals surface area contributed by atoms with Crippen LogP contribution in [-0.2, 0) is 0 Å². The van der Waals surface area contributed by atoms with Crippen molar-refractivity contribution in [2.75, 3.05) is 0 Å². The van der Waals surface area contributed by atoms with Gasteiger partial charge in [0.15, 0.2) is 0 Å². The predicted octanol–water partition coefficient (Wildman–Crippen LogP) is 2.08. The van der Waals surface area contributed by atoms with Gasteiger partial charge in [-0.15, -0.1) is 0 Å². The Kier molecular flexibility index (Phi) is 3.63.